The molecule has 2 amide bonds. The summed E-state index contributed by atoms with van der Waals surface area (Å²) in [4.78, 5) is 25.5. The lowest BCUT2D eigenvalue weighted by Gasteiger charge is -2.16. The molecule has 1 saturated heterocycles. The number of hydrogen-bond donors (Lipinski definition) is 1. The van der Waals surface area contributed by atoms with Crippen LogP contribution in [-0.4, -0.2) is 24.4 Å². The second-order valence-corrected chi connectivity index (χ2v) is 6.35. The first-order valence-electron chi connectivity index (χ1n) is 6.35. The van der Waals surface area contributed by atoms with Crippen LogP contribution in [-0.2, 0) is 9.59 Å². The maximum Gasteiger partial charge on any atom is 0.251 e. The van der Waals surface area contributed by atoms with Gasteiger partial charge in [-0.1, -0.05) is 13.8 Å². The Bertz CT molecular complexity index is 485. The first-order valence-corrected chi connectivity index (χ1v) is 7.42. The highest BCUT2D eigenvalue weighted by Crippen LogP contribution is 2.23. The van der Waals surface area contributed by atoms with Gasteiger partial charge in [-0.05, 0) is 59.3 Å². The van der Waals surface area contributed by atoms with Gasteiger partial charge in [0.05, 0.1) is 18.2 Å². The number of carbonyl (C=O) groups excluding carboxylic acids is 2. The van der Waals surface area contributed by atoms with E-state index >= 15 is 0 Å². The SMILES string of the molecule is CC(C)CNC1CC(=O)N(c2ccc(I)cc2)C1=O. The lowest BCUT2D eigenvalue weighted by atomic mass is 10.2. The minimum atomic E-state index is -0.380. The molecular weight excluding hydrogens is 355 g/mol. The third kappa shape index (κ3) is 3.33. The zero-order valence-corrected chi connectivity index (χ0v) is 13.2. The Morgan fingerprint density at radius 2 is 1.95 bits per heavy atom. The molecule has 102 valence electrons. The van der Waals surface area contributed by atoms with Crippen LogP contribution in [0.25, 0.3) is 0 Å². The van der Waals surface area contributed by atoms with Gasteiger partial charge in [-0.2, -0.15) is 0 Å². The highest BCUT2D eigenvalue weighted by Gasteiger charge is 2.39. The monoisotopic (exact) mass is 372 g/mol. The van der Waals surface area contributed by atoms with Gasteiger partial charge in [0.2, 0.25) is 5.91 Å². The van der Waals surface area contributed by atoms with Crippen LogP contribution in [0.2, 0.25) is 0 Å². The van der Waals surface area contributed by atoms with Crippen molar-refractivity contribution in [3.63, 3.8) is 0 Å². The van der Waals surface area contributed by atoms with Crippen molar-refractivity contribution < 1.29 is 9.59 Å². The molecule has 0 saturated carbocycles. The van der Waals surface area contributed by atoms with E-state index in [1.165, 1.54) is 4.90 Å². The fraction of sp³-hybridized carbons (Fsp3) is 0.429. The zero-order valence-electron chi connectivity index (χ0n) is 11.0. The number of hydrogen-bond acceptors (Lipinski definition) is 3. The summed E-state index contributed by atoms with van der Waals surface area (Å²) in [6, 6.07) is 7.02. The van der Waals surface area contributed by atoms with Gasteiger partial charge in [-0.15, -0.1) is 0 Å². The average Bonchev–Trinajstić information content (AvgIpc) is 2.63. The molecule has 1 fully saturated rings. The molecular formula is C14H17IN2O2. The Morgan fingerprint density at radius 1 is 1.32 bits per heavy atom. The summed E-state index contributed by atoms with van der Waals surface area (Å²) in [6.07, 6.45) is 0.248. The molecule has 1 aromatic carbocycles. The predicted molar refractivity (Wildman–Crippen MR) is 82.9 cm³/mol. The molecule has 0 aliphatic carbocycles. The van der Waals surface area contributed by atoms with Crippen molar-refractivity contribution in [2.75, 3.05) is 11.4 Å². The maximum absolute atomic E-state index is 12.3. The van der Waals surface area contributed by atoms with Crippen LogP contribution in [0.1, 0.15) is 20.3 Å². The quantitative estimate of drug-likeness (QED) is 0.651. The number of halogens is 1. The Morgan fingerprint density at radius 3 is 2.53 bits per heavy atom. The molecule has 1 aliphatic rings. The van der Waals surface area contributed by atoms with Gasteiger partial charge in [0.15, 0.2) is 0 Å². The molecule has 1 heterocycles. The molecule has 1 aromatic rings. The lowest BCUT2D eigenvalue weighted by Crippen LogP contribution is -2.40. The van der Waals surface area contributed by atoms with E-state index in [0.29, 0.717) is 11.6 Å². The Hall–Kier alpha value is -0.950. The van der Waals surface area contributed by atoms with Gasteiger partial charge >= 0.3 is 0 Å². The number of imide groups is 1. The molecule has 1 aliphatic heterocycles. The minimum Gasteiger partial charge on any atom is -0.305 e. The van der Waals surface area contributed by atoms with E-state index in [1.54, 1.807) is 0 Å². The third-order valence-electron chi connectivity index (χ3n) is 3.00. The van der Waals surface area contributed by atoms with Crippen LogP contribution >= 0.6 is 22.6 Å². The summed E-state index contributed by atoms with van der Waals surface area (Å²) in [5, 5.41) is 3.16. The van der Waals surface area contributed by atoms with E-state index in [1.807, 2.05) is 24.3 Å². The van der Waals surface area contributed by atoms with E-state index < -0.39 is 0 Å². The van der Waals surface area contributed by atoms with Gasteiger partial charge < -0.3 is 5.32 Å². The molecule has 0 radical (unpaired) electrons. The number of rotatable bonds is 4. The van der Waals surface area contributed by atoms with Crippen molar-refractivity contribution in [2.45, 2.75) is 26.3 Å². The van der Waals surface area contributed by atoms with Crippen LogP contribution in [0.5, 0.6) is 0 Å². The first kappa shape index (κ1) is 14.5. The van der Waals surface area contributed by atoms with Crippen molar-refractivity contribution in [1.82, 2.24) is 5.32 Å². The van der Waals surface area contributed by atoms with E-state index in [4.69, 9.17) is 0 Å². The molecule has 1 unspecified atom stereocenters. The van der Waals surface area contributed by atoms with Gasteiger partial charge in [0.1, 0.15) is 0 Å². The molecule has 0 spiro atoms. The highest BCUT2D eigenvalue weighted by atomic mass is 127. The summed E-state index contributed by atoms with van der Waals surface area (Å²) < 4.78 is 1.08. The number of nitrogens with zero attached hydrogens (tertiary/aromatic N) is 1. The number of benzene rings is 1. The minimum absolute atomic E-state index is 0.132. The van der Waals surface area contributed by atoms with Crippen molar-refractivity contribution in [2.24, 2.45) is 5.92 Å². The Kier molecular flexibility index (Phi) is 4.57. The average molecular weight is 372 g/mol. The number of carbonyl (C=O) groups is 2. The van der Waals surface area contributed by atoms with E-state index in [-0.39, 0.29) is 24.3 Å². The summed E-state index contributed by atoms with van der Waals surface area (Å²) >= 11 is 2.19. The van der Waals surface area contributed by atoms with Gasteiger partial charge in [-0.25, -0.2) is 4.90 Å². The maximum atomic E-state index is 12.3. The smallest absolute Gasteiger partial charge is 0.251 e. The van der Waals surface area contributed by atoms with E-state index in [0.717, 1.165) is 10.1 Å². The van der Waals surface area contributed by atoms with Crippen molar-refractivity contribution in [3.05, 3.63) is 27.8 Å². The molecule has 19 heavy (non-hydrogen) atoms. The van der Waals surface area contributed by atoms with Gasteiger partial charge in [0.25, 0.3) is 5.91 Å². The fourth-order valence-electron chi connectivity index (χ4n) is 2.03. The van der Waals surface area contributed by atoms with Gasteiger partial charge in [0, 0.05) is 3.57 Å². The summed E-state index contributed by atoms with van der Waals surface area (Å²) in [6.45, 7) is 4.89. The highest BCUT2D eigenvalue weighted by molar-refractivity contribution is 14.1. The van der Waals surface area contributed by atoms with Crippen molar-refractivity contribution in [3.8, 4) is 0 Å². The molecule has 1 N–H and O–H groups in total. The van der Waals surface area contributed by atoms with Crippen molar-refractivity contribution >= 4 is 40.1 Å². The Labute approximate surface area is 126 Å². The van der Waals surface area contributed by atoms with Crippen LogP contribution in [0.3, 0.4) is 0 Å². The molecule has 1 atom stereocenters. The lowest BCUT2D eigenvalue weighted by molar-refractivity contribution is -0.121. The second-order valence-electron chi connectivity index (χ2n) is 5.10. The fourth-order valence-corrected chi connectivity index (χ4v) is 2.39. The second kappa shape index (κ2) is 6.00. The molecule has 5 heteroatoms. The van der Waals surface area contributed by atoms with Crippen molar-refractivity contribution in [1.29, 1.82) is 0 Å². The van der Waals surface area contributed by atoms with Crippen LogP contribution < -0.4 is 10.2 Å². The zero-order chi connectivity index (χ0) is 14.0. The van der Waals surface area contributed by atoms with Crippen LogP contribution in [0.15, 0.2) is 24.3 Å². The first-order chi connectivity index (χ1) is 8.99. The standard InChI is InChI=1S/C14H17IN2O2/c1-9(2)8-16-12-7-13(18)17(14(12)19)11-5-3-10(15)4-6-11/h3-6,9,12,16H,7-8H2,1-2H3. The summed E-state index contributed by atoms with van der Waals surface area (Å²) in [5.41, 5.74) is 0.657. The topological polar surface area (TPSA) is 49.4 Å². The van der Waals surface area contributed by atoms with E-state index in [9.17, 15) is 9.59 Å². The Balaban J connectivity index is 2.12. The predicted octanol–water partition coefficient (Wildman–Crippen LogP) is 2.17. The van der Waals surface area contributed by atoms with Crippen LogP contribution in [0.4, 0.5) is 5.69 Å². The number of anilines is 1. The number of nitrogens with one attached hydrogen (secondary N) is 1. The summed E-state index contributed by atoms with van der Waals surface area (Å²) in [7, 11) is 0. The largest absolute Gasteiger partial charge is 0.305 e. The molecule has 0 aromatic heterocycles. The normalized spacial score (nSPS) is 19.6. The van der Waals surface area contributed by atoms with Crippen LogP contribution in [0, 0.1) is 9.49 Å². The van der Waals surface area contributed by atoms with Gasteiger partial charge in [-0.3, -0.25) is 9.59 Å². The molecule has 0 bridgehead atoms. The number of amides is 2. The molecule has 4 nitrogen and oxygen atoms in total. The summed E-state index contributed by atoms with van der Waals surface area (Å²) in [5.74, 6) is 0.176. The van der Waals surface area contributed by atoms with E-state index in [2.05, 4.69) is 41.8 Å². The molecule has 2 rings (SSSR count). The third-order valence-corrected chi connectivity index (χ3v) is 3.72.